The van der Waals surface area contributed by atoms with Crippen molar-refractivity contribution in [1.29, 1.82) is 0 Å². The van der Waals surface area contributed by atoms with Gasteiger partial charge in [-0.2, -0.15) is 0 Å². The normalized spacial score (nSPS) is 17.1. The first-order valence-electron chi connectivity index (χ1n) is 19.8. The topological polar surface area (TPSA) is 30.7 Å². The van der Waals surface area contributed by atoms with E-state index in [1.54, 1.807) is 0 Å². The SMILES string of the molecule is CC1(C)c2ccccc2-c2c1cc1c3cc4c(c5cccc(c6cccc2c61)c35)c1ccccc1n4-c1nc(C2=CCC3C=CC=CC3=C2)c2ccccc2n1. The number of nitrogens with zero attached hydrogens (tertiary/aromatic N) is 3. The molecular formula is C53H35N3. The lowest BCUT2D eigenvalue weighted by molar-refractivity contribution is 0.661. The van der Waals surface area contributed by atoms with E-state index in [4.69, 9.17) is 9.97 Å². The molecule has 1 atom stereocenters. The molecule has 13 rings (SSSR count). The number of benzene rings is 8. The minimum absolute atomic E-state index is 0.121. The summed E-state index contributed by atoms with van der Waals surface area (Å²) in [6.45, 7) is 4.78. The fraction of sp³-hybridized carbons (Fsp3) is 0.0943. The van der Waals surface area contributed by atoms with Crippen molar-refractivity contribution in [3.8, 4) is 17.1 Å². The van der Waals surface area contributed by atoms with Crippen molar-refractivity contribution in [2.24, 2.45) is 5.92 Å². The predicted octanol–water partition coefficient (Wildman–Crippen LogP) is 13.5. The maximum absolute atomic E-state index is 5.53. The highest BCUT2D eigenvalue weighted by Crippen LogP contribution is 2.55. The molecule has 0 saturated heterocycles. The Morgan fingerprint density at radius 1 is 0.589 bits per heavy atom. The average Bonchev–Trinajstić information content (AvgIpc) is 3.70. The third kappa shape index (κ3) is 3.82. The van der Waals surface area contributed by atoms with Gasteiger partial charge in [0.2, 0.25) is 5.95 Å². The smallest absolute Gasteiger partial charge is 0.235 e. The molecule has 0 saturated carbocycles. The van der Waals surface area contributed by atoms with Gasteiger partial charge in [0.1, 0.15) is 0 Å². The molecule has 3 aliphatic rings. The number of fused-ring (bicyclic) bond motifs is 12. The number of para-hydroxylation sites is 2. The first kappa shape index (κ1) is 30.5. The molecule has 3 nitrogen and oxygen atoms in total. The molecule has 262 valence electrons. The van der Waals surface area contributed by atoms with Crippen LogP contribution in [0.3, 0.4) is 0 Å². The standard InChI is InChI=1S/C53H35N3/c1-53(2)42-22-8-5-15-35(42)49-38-20-11-18-33-34-19-12-21-39-48(34)41(40(47(33)38)28-43(49)53)29-46-50(39)37-17-7-10-24-45(37)56(46)52-54-44-23-9-6-16-36(44)51(55-52)32-26-25-30-13-3-4-14-31(30)27-32/h3-24,26-30H,25H2,1-2H3. The van der Waals surface area contributed by atoms with Crippen molar-refractivity contribution < 1.29 is 0 Å². The summed E-state index contributed by atoms with van der Waals surface area (Å²) in [4.78, 5) is 10.9. The van der Waals surface area contributed by atoms with Gasteiger partial charge in [-0.3, -0.25) is 4.57 Å². The molecule has 0 aliphatic heterocycles. The Morgan fingerprint density at radius 3 is 2.20 bits per heavy atom. The summed E-state index contributed by atoms with van der Waals surface area (Å²) in [7, 11) is 0. The van der Waals surface area contributed by atoms with Crippen LogP contribution in [-0.2, 0) is 5.41 Å². The molecule has 8 aromatic carbocycles. The van der Waals surface area contributed by atoms with Crippen molar-refractivity contribution in [3.05, 3.63) is 180 Å². The zero-order valence-electron chi connectivity index (χ0n) is 31.1. The molecule has 0 fully saturated rings. The van der Waals surface area contributed by atoms with Crippen molar-refractivity contribution in [1.82, 2.24) is 14.5 Å². The van der Waals surface area contributed by atoms with Crippen LogP contribution in [0.4, 0.5) is 0 Å². The van der Waals surface area contributed by atoms with Crippen molar-refractivity contribution in [3.63, 3.8) is 0 Å². The van der Waals surface area contributed by atoms with Crippen molar-refractivity contribution >= 4 is 81.4 Å². The van der Waals surface area contributed by atoms with Gasteiger partial charge in [0, 0.05) is 27.5 Å². The molecule has 56 heavy (non-hydrogen) atoms. The van der Waals surface area contributed by atoms with E-state index in [2.05, 4.69) is 176 Å². The van der Waals surface area contributed by atoms with E-state index >= 15 is 0 Å². The molecular weight excluding hydrogens is 679 g/mol. The van der Waals surface area contributed by atoms with Crippen LogP contribution in [0.15, 0.2) is 163 Å². The first-order chi connectivity index (χ1) is 27.5. The molecule has 3 aliphatic carbocycles. The number of hydrogen-bond donors (Lipinski definition) is 0. The maximum atomic E-state index is 5.53. The summed E-state index contributed by atoms with van der Waals surface area (Å²) in [6.07, 6.45) is 14.5. The van der Waals surface area contributed by atoms with Crippen LogP contribution in [0, 0.1) is 5.92 Å². The lowest BCUT2D eigenvalue weighted by atomic mass is 9.80. The maximum Gasteiger partial charge on any atom is 0.235 e. The Balaban J connectivity index is 1.17. The third-order valence-electron chi connectivity index (χ3n) is 13.2. The molecule has 3 heteroatoms. The zero-order chi connectivity index (χ0) is 36.9. The second-order valence-electron chi connectivity index (χ2n) is 16.4. The van der Waals surface area contributed by atoms with E-state index < -0.39 is 0 Å². The fourth-order valence-corrected chi connectivity index (χ4v) is 10.7. The third-order valence-corrected chi connectivity index (χ3v) is 13.2. The molecule has 10 aromatic rings. The Hall–Kier alpha value is -6.84. The monoisotopic (exact) mass is 713 g/mol. The average molecular weight is 714 g/mol. The van der Waals surface area contributed by atoms with Crippen LogP contribution in [0.25, 0.3) is 98.4 Å². The van der Waals surface area contributed by atoms with Gasteiger partial charge >= 0.3 is 0 Å². The van der Waals surface area contributed by atoms with Crippen LogP contribution >= 0.6 is 0 Å². The van der Waals surface area contributed by atoms with Gasteiger partial charge in [-0.1, -0.05) is 141 Å². The second-order valence-corrected chi connectivity index (χ2v) is 16.4. The zero-order valence-corrected chi connectivity index (χ0v) is 31.1. The molecule has 0 spiro atoms. The minimum atomic E-state index is -0.121. The highest BCUT2D eigenvalue weighted by Gasteiger charge is 2.37. The van der Waals surface area contributed by atoms with E-state index in [9.17, 15) is 0 Å². The highest BCUT2D eigenvalue weighted by atomic mass is 15.2. The first-order valence-corrected chi connectivity index (χ1v) is 19.8. The summed E-state index contributed by atoms with van der Waals surface area (Å²) in [5.74, 6) is 1.11. The van der Waals surface area contributed by atoms with Crippen molar-refractivity contribution in [2.75, 3.05) is 0 Å². The van der Waals surface area contributed by atoms with Crippen LogP contribution in [0.1, 0.15) is 37.1 Å². The van der Waals surface area contributed by atoms with Crippen LogP contribution < -0.4 is 0 Å². The molecule has 0 radical (unpaired) electrons. The fourth-order valence-electron chi connectivity index (χ4n) is 10.7. The van der Waals surface area contributed by atoms with Gasteiger partial charge < -0.3 is 0 Å². The molecule has 1 unspecified atom stereocenters. The van der Waals surface area contributed by atoms with Gasteiger partial charge in [0.15, 0.2) is 0 Å². The Labute approximate surface area is 323 Å². The quantitative estimate of drug-likeness (QED) is 0.132. The lowest BCUT2D eigenvalue weighted by Gasteiger charge is -2.23. The number of hydrogen-bond acceptors (Lipinski definition) is 2. The van der Waals surface area contributed by atoms with E-state index in [0.717, 1.165) is 39.6 Å². The summed E-state index contributed by atoms with van der Waals surface area (Å²) in [5.41, 5.74) is 12.1. The van der Waals surface area contributed by atoms with Gasteiger partial charge in [-0.05, 0) is 113 Å². The molecule has 2 aromatic heterocycles. The Bertz CT molecular complexity index is 3530. The second kappa shape index (κ2) is 10.7. The van der Waals surface area contributed by atoms with Gasteiger partial charge in [0.25, 0.3) is 0 Å². The van der Waals surface area contributed by atoms with Crippen molar-refractivity contribution in [2.45, 2.75) is 25.7 Å². The molecule has 0 N–H and O–H groups in total. The number of aromatic nitrogens is 3. The van der Waals surface area contributed by atoms with E-state index in [0.29, 0.717) is 11.9 Å². The minimum Gasteiger partial charge on any atom is -0.278 e. The summed E-state index contributed by atoms with van der Waals surface area (Å²) >= 11 is 0. The largest absolute Gasteiger partial charge is 0.278 e. The number of allylic oxidation sites excluding steroid dienone is 8. The highest BCUT2D eigenvalue weighted by molar-refractivity contribution is 6.39. The summed E-state index contributed by atoms with van der Waals surface area (Å²) < 4.78 is 2.33. The summed E-state index contributed by atoms with van der Waals surface area (Å²) in [6, 6.07) is 45.1. The molecule has 0 bridgehead atoms. The summed E-state index contributed by atoms with van der Waals surface area (Å²) in [5, 5.41) is 14.0. The van der Waals surface area contributed by atoms with Gasteiger partial charge in [-0.25, -0.2) is 9.97 Å². The molecule has 2 heterocycles. The lowest BCUT2D eigenvalue weighted by Crippen LogP contribution is -2.14. The van der Waals surface area contributed by atoms with E-state index in [1.165, 1.54) is 81.7 Å². The Morgan fingerprint density at radius 2 is 1.30 bits per heavy atom. The Kier molecular flexibility index (Phi) is 5.81. The van der Waals surface area contributed by atoms with Crippen LogP contribution in [0.2, 0.25) is 0 Å². The molecule has 0 amide bonds. The van der Waals surface area contributed by atoms with Gasteiger partial charge in [0.05, 0.1) is 22.2 Å². The van der Waals surface area contributed by atoms with Crippen LogP contribution in [-0.4, -0.2) is 14.5 Å². The van der Waals surface area contributed by atoms with Gasteiger partial charge in [-0.15, -0.1) is 0 Å². The van der Waals surface area contributed by atoms with E-state index in [-0.39, 0.29) is 5.41 Å². The van der Waals surface area contributed by atoms with E-state index in [1.807, 2.05) is 0 Å². The van der Waals surface area contributed by atoms with Crippen LogP contribution in [0.5, 0.6) is 0 Å². The predicted molar refractivity (Wildman–Crippen MR) is 235 cm³/mol. The number of rotatable bonds is 2.